The van der Waals surface area contributed by atoms with Crippen LogP contribution in [0.5, 0.6) is 0 Å². The van der Waals surface area contributed by atoms with Crippen LogP contribution in [-0.2, 0) is 4.79 Å². The monoisotopic (exact) mass is 259 g/mol. The average Bonchev–Trinajstić information content (AvgIpc) is 2.27. The van der Waals surface area contributed by atoms with Crippen molar-refractivity contribution in [1.82, 2.24) is 5.32 Å². The Hall–Kier alpha value is -1.62. The number of carboxylic acid groups (broad SMARTS) is 1. The van der Waals surface area contributed by atoms with E-state index in [9.17, 15) is 14.0 Å². The third-order valence-electron chi connectivity index (χ3n) is 2.13. The molecular weight excluding hydrogens is 249 g/mol. The molecule has 6 heteroatoms. The molecule has 1 amide bonds. The first-order valence-corrected chi connectivity index (χ1v) is 5.17. The van der Waals surface area contributed by atoms with Crippen molar-refractivity contribution in [3.05, 3.63) is 35.6 Å². The van der Waals surface area contributed by atoms with Crippen LogP contribution in [0.3, 0.4) is 0 Å². The number of rotatable bonds is 4. The lowest BCUT2D eigenvalue weighted by atomic mass is 10.1. The van der Waals surface area contributed by atoms with Crippen molar-refractivity contribution in [3.8, 4) is 0 Å². The Balaban J connectivity index is 2.62. The number of carboxylic acids is 1. The van der Waals surface area contributed by atoms with E-state index in [1.54, 1.807) is 0 Å². The van der Waals surface area contributed by atoms with Crippen molar-refractivity contribution >= 4 is 23.5 Å². The molecule has 2 N–H and O–H groups in total. The summed E-state index contributed by atoms with van der Waals surface area (Å²) in [6.45, 7) is 1.06. The third-order valence-corrected chi connectivity index (χ3v) is 2.43. The number of hydrogen-bond donors (Lipinski definition) is 2. The number of nitrogens with one attached hydrogen (secondary N) is 1. The zero-order valence-electron chi connectivity index (χ0n) is 9.04. The highest BCUT2D eigenvalue weighted by Crippen LogP contribution is 2.13. The minimum absolute atomic E-state index is 0.222. The molecule has 4 nitrogen and oxygen atoms in total. The van der Waals surface area contributed by atoms with Crippen LogP contribution in [0.1, 0.15) is 17.3 Å². The van der Waals surface area contributed by atoms with Crippen LogP contribution in [0, 0.1) is 5.82 Å². The van der Waals surface area contributed by atoms with Crippen LogP contribution in [0.4, 0.5) is 4.39 Å². The van der Waals surface area contributed by atoms with E-state index in [4.69, 9.17) is 16.7 Å². The van der Waals surface area contributed by atoms with Crippen molar-refractivity contribution < 1.29 is 19.1 Å². The van der Waals surface area contributed by atoms with Gasteiger partial charge in [-0.05, 0) is 31.2 Å². The molecule has 0 bridgehead atoms. The summed E-state index contributed by atoms with van der Waals surface area (Å²) >= 11 is 5.65. The third kappa shape index (κ3) is 3.71. The molecule has 1 aromatic rings. The minimum atomic E-state index is -1.56. The quantitative estimate of drug-likeness (QED) is 0.808. The maximum Gasteiger partial charge on any atom is 0.326 e. The molecule has 0 aliphatic carbocycles. The minimum Gasteiger partial charge on any atom is -0.480 e. The van der Waals surface area contributed by atoms with Crippen molar-refractivity contribution in [2.75, 3.05) is 6.54 Å². The molecule has 1 atom stereocenters. The second-order valence-corrected chi connectivity index (χ2v) is 4.53. The molecular formula is C11H11ClFNO3. The fourth-order valence-electron chi connectivity index (χ4n) is 1.03. The van der Waals surface area contributed by atoms with Crippen molar-refractivity contribution in [2.45, 2.75) is 11.8 Å². The number of halogens is 2. The van der Waals surface area contributed by atoms with Crippen molar-refractivity contribution in [2.24, 2.45) is 0 Å². The molecule has 1 rings (SSSR count). The Labute approximate surface area is 102 Å². The van der Waals surface area contributed by atoms with Gasteiger partial charge in [0, 0.05) is 12.1 Å². The topological polar surface area (TPSA) is 66.4 Å². The zero-order chi connectivity index (χ0) is 13.1. The van der Waals surface area contributed by atoms with Crippen LogP contribution in [0.15, 0.2) is 24.3 Å². The second kappa shape index (κ2) is 5.14. The lowest BCUT2D eigenvalue weighted by Gasteiger charge is -2.16. The Bertz CT molecular complexity index is 431. The first kappa shape index (κ1) is 13.4. The van der Waals surface area contributed by atoms with E-state index in [-0.39, 0.29) is 12.1 Å². The van der Waals surface area contributed by atoms with E-state index in [1.807, 2.05) is 0 Å². The summed E-state index contributed by atoms with van der Waals surface area (Å²) in [6, 6.07) is 4.89. The maximum atomic E-state index is 12.6. The van der Waals surface area contributed by atoms with Gasteiger partial charge in [0.1, 0.15) is 5.82 Å². The van der Waals surface area contributed by atoms with Crippen LogP contribution in [0.25, 0.3) is 0 Å². The van der Waals surface area contributed by atoms with E-state index >= 15 is 0 Å². The number of alkyl halides is 1. The summed E-state index contributed by atoms with van der Waals surface area (Å²) in [5, 5.41) is 11.1. The van der Waals surface area contributed by atoms with Gasteiger partial charge in [-0.15, -0.1) is 11.6 Å². The highest BCUT2D eigenvalue weighted by molar-refractivity contribution is 6.33. The van der Waals surface area contributed by atoms with E-state index in [0.717, 1.165) is 12.1 Å². The first-order chi connectivity index (χ1) is 7.83. The van der Waals surface area contributed by atoms with Crippen LogP contribution >= 0.6 is 11.6 Å². The predicted molar refractivity (Wildman–Crippen MR) is 60.6 cm³/mol. The van der Waals surface area contributed by atoms with Gasteiger partial charge in [-0.25, -0.2) is 4.39 Å². The number of carbonyl (C=O) groups is 2. The Kier molecular flexibility index (Phi) is 4.07. The molecule has 0 saturated heterocycles. The summed E-state index contributed by atoms with van der Waals surface area (Å²) < 4.78 is 12.6. The van der Waals surface area contributed by atoms with E-state index < -0.39 is 22.6 Å². The van der Waals surface area contributed by atoms with Gasteiger partial charge >= 0.3 is 5.97 Å². The first-order valence-electron chi connectivity index (χ1n) is 4.79. The Morgan fingerprint density at radius 3 is 2.41 bits per heavy atom. The molecule has 0 heterocycles. The predicted octanol–water partition coefficient (Wildman–Crippen LogP) is 1.64. The molecule has 1 unspecified atom stereocenters. The Morgan fingerprint density at radius 2 is 1.94 bits per heavy atom. The number of benzene rings is 1. The molecule has 92 valence electrons. The highest BCUT2D eigenvalue weighted by Gasteiger charge is 2.30. The summed E-state index contributed by atoms with van der Waals surface area (Å²) in [5.74, 6) is -2.18. The summed E-state index contributed by atoms with van der Waals surface area (Å²) in [6.07, 6.45) is 0. The average molecular weight is 260 g/mol. The van der Waals surface area contributed by atoms with E-state index in [2.05, 4.69) is 5.32 Å². The fourth-order valence-corrected chi connectivity index (χ4v) is 1.09. The van der Waals surface area contributed by atoms with E-state index in [1.165, 1.54) is 19.1 Å². The van der Waals surface area contributed by atoms with Crippen molar-refractivity contribution in [3.63, 3.8) is 0 Å². The number of aliphatic carboxylic acids is 1. The summed E-state index contributed by atoms with van der Waals surface area (Å²) in [7, 11) is 0. The van der Waals surface area contributed by atoms with Gasteiger partial charge in [0.25, 0.3) is 5.91 Å². The lowest BCUT2D eigenvalue weighted by molar-refractivity contribution is -0.139. The number of carbonyl (C=O) groups excluding carboxylic acids is 1. The maximum absolute atomic E-state index is 12.6. The van der Waals surface area contributed by atoms with Crippen LogP contribution in [-0.4, -0.2) is 28.4 Å². The fraction of sp³-hybridized carbons (Fsp3) is 0.273. The molecule has 0 aliphatic rings. The van der Waals surface area contributed by atoms with Crippen molar-refractivity contribution in [1.29, 1.82) is 0 Å². The molecule has 0 fully saturated rings. The van der Waals surface area contributed by atoms with Gasteiger partial charge in [-0.1, -0.05) is 0 Å². The summed E-state index contributed by atoms with van der Waals surface area (Å²) in [5.41, 5.74) is 0.240. The zero-order valence-corrected chi connectivity index (χ0v) is 9.79. The van der Waals surface area contributed by atoms with Gasteiger partial charge in [-0.3, -0.25) is 9.59 Å². The highest BCUT2D eigenvalue weighted by atomic mass is 35.5. The van der Waals surface area contributed by atoms with Crippen LogP contribution in [0.2, 0.25) is 0 Å². The molecule has 0 aliphatic heterocycles. The normalized spacial score (nSPS) is 13.8. The standard InChI is InChI=1S/C11H11ClFNO3/c1-11(12,10(16)17)6-14-9(15)7-2-4-8(13)5-3-7/h2-5H,6H2,1H3,(H,14,15)(H,16,17). The van der Waals surface area contributed by atoms with Gasteiger partial charge < -0.3 is 10.4 Å². The SMILES string of the molecule is CC(Cl)(CNC(=O)c1ccc(F)cc1)C(=O)O. The Morgan fingerprint density at radius 1 is 1.41 bits per heavy atom. The lowest BCUT2D eigenvalue weighted by Crippen LogP contribution is -2.42. The molecule has 0 saturated carbocycles. The van der Waals surface area contributed by atoms with Gasteiger partial charge in [-0.2, -0.15) is 0 Å². The molecule has 0 aromatic heterocycles. The van der Waals surface area contributed by atoms with E-state index in [0.29, 0.717) is 0 Å². The van der Waals surface area contributed by atoms with Gasteiger partial charge in [0.05, 0.1) is 0 Å². The van der Waals surface area contributed by atoms with Gasteiger partial charge in [0.2, 0.25) is 0 Å². The molecule has 17 heavy (non-hydrogen) atoms. The largest absolute Gasteiger partial charge is 0.480 e. The summed E-state index contributed by atoms with van der Waals surface area (Å²) in [4.78, 5) is 20.7. The molecule has 0 radical (unpaired) electrons. The smallest absolute Gasteiger partial charge is 0.326 e. The number of hydrogen-bond acceptors (Lipinski definition) is 2. The second-order valence-electron chi connectivity index (χ2n) is 3.69. The number of amides is 1. The molecule has 0 spiro atoms. The van der Waals surface area contributed by atoms with Crippen LogP contribution < -0.4 is 5.32 Å². The molecule has 1 aromatic carbocycles. The van der Waals surface area contributed by atoms with Gasteiger partial charge in [0.15, 0.2) is 4.87 Å².